The van der Waals surface area contributed by atoms with Crippen molar-refractivity contribution in [3.63, 3.8) is 0 Å². The van der Waals surface area contributed by atoms with Gasteiger partial charge in [-0.15, -0.1) is 0 Å². The van der Waals surface area contributed by atoms with E-state index in [-0.39, 0.29) is 18.4 Å². The molecule has 1 saturated carbocycles. The quantitative estimate of drug-likeness (QED) is 0.468. The normalized spacial score (nSPS) is 14.6. The minimum atomic E-state index is -0.313. The first kappa shape index (κ1) is 13.3. The van der Waals surface area contributed by atoms with Crippen LogP contribution < -0.4 is 5.32 Å². The van der Waals surface area contributed by atoms with Gasteiger partial charge in [0.1, 0.15) is 5.15 Å². The molecule has 2 rings (SSSR count). The van der Waals surface area contributed by atoms with E-state index in [0.29, 0.717) is 29.4 Å². The molecule has 1 aliphatic carbocycles. The number of alkyl halides is 1. The molecular weight excluding hydrogens is 255 g/mol. The Balaban J connectivity index is 2.05. The van der Waals surface area contributed by atoms with Gasteiger partial charge in [-0.2, -0.15) is 0 Å². The van der Waals surface area contributed by atoms with Gasteiger partial charge >= 0.3 is 0 Å². The molecule has 0 amide bonds. The highest BCUT2D eigenvalue weighted by molar-refractivity contribution is 6.29. The van der Waals surface area contributed by atoms with Crippen LogP contribution in [-0.2, 0) is 0 Å². The lowest BCUT2D eigenvalue weighted by Gasteiger charge is -2.10. The monoisotopic (exact) mass is 270 g/mol. The fraction of sp³-hybridized carbons (Fsp3) is 0.538. The molecule has 0 radical (unpaired) electrons. The van der Waals surface area contributed by atoms with Gasteiger partial charge in [-0.25, -0.2) is 4.98 Å². The standard InChI is InChI=1S/C13H16ClFN2O/c14-12-7-11(16-6-2-1-5-15)10(8-17-12)13(18)9-3-4-9/h7-9H,1-6H2,(H,16,17). The van der Waals surface area contributed by atoms with E-state index in [1.54, 1.807) is 6.07 Å². The van der Waals surface area contributed by atoms with Crippen LogP contribution >= 0.6 is 11.6 Å². The van der Waals surface area contributed by atoms with Crippen LogP contribution in [0.2, 0.25) is 5.15 Å². The Labute approximate surface area is 111 Å². The third-order valence-corrected chi connectivity index (χ3v) is 3.17. The predicted molar refractivity (Wildman–Crippen MR) is 70.0 cm³/mol. The third-order valence-electron chi connectivity index (χ3n) is 2.96. The number of carbonyl (C=O) groups excluding carboxylic acids is 1. The zero-order valence-corrected chi connectivity index (χ0v) is 10.8. The third kappa shape index (κ3) is 3.42. The maximum absolute atomic E-state index is 12.0. The number of halogens is 2. The van der Waals surface area contributed by atoms with Crippen molar-refractivity contribution in [2.24, 2.45) is 5.92 Å². The molecule has 3 nitrogen and oxygen atoms in total. The number of unbranched alkanes of at least 4 members (excludes halogenated alkanes) is 1. The number of hydrogen-bond acceptors (Lipinski definition) is 3. The maximum atomic E-state index is 12.0. The number of anilines is 1. The molecule has 98 valence electrons. The summed E-state index contributed by atoms with van der Waals surface area (Å²) in [6.07, 6.45) is 4.71. The Morgan fingerprint density at radius 2 is 2.28 bits per heavy atom. The molecule has 0 aromatic carbocycles. The van der Waals surface area contributed by atoms with Crippen molar-refractivity contribution in [3.05, 3.63) is 23.0 Å². The van der Waals surface area contributed by atoms with Crippen molar-refractivity contribution in [1.29, 1.82) is 0 Å². The van der Waals surface area contributed by atoms with Crippen molar-refractivity contribution in [2.45, 2.75) is 25.7 Å². The van der Waals surface area contributed by atoms with Gasteiger partial charge in [0, 0.05) is 24.3 Å². The molecule has 0 aliphatic heterocycles. The number of ketones is 1. The molecule has 0 bridgehead atoms. The Kier molecular flexibility index (Phi) is 4.53. The molecular formula is C13H16ClFN2O. The number of hydrogen-bond donors (Lipinski definition) is 1. The molecule has 18 heavy (non-hydrogen) atoms. The second-order valence-electron chi connectivity index (χ2n) is 4.51. The Morgan fingerprint density at radius 3 is 2.94 bits per heavy atom. The number of carbonyl (C=O) groups is 1. The van der Waals surface area contributed by atoms with Crippen LogP contribution in [0.3, 0.4) is 0 Å². The minimum absolute atomic E-state index is 0.132. The Morgan fingerprint density at radius 1 is 1.50 bits per heavy atom. The van der Waals surface area contributed by atoms with E-state index in [0.717, 1.165) is 19.3 Å². The summed E-state index contributed by atoms with van der Waals surface area (Å²) in [7, 11) is 0. The Hall–Kier alpha value is -1.16. The molecule has 1 aromatic heterocycles. The summed E-state index contributed by atoms with van der Waals surface area (Å²) in [4.78, 5) is 16.0. The fourth-order valence-corrected chi connectivity index (χ4v) is 1.94. The van der Waals surface area contributed by atoms with E-state index in [2.05, 4.69) is 10.3 Å². The minimum Gasteiger partial charge on any atom is -0.384 e. The van der Waals surface area contributed by atoms with Crippen LogP contribution in [0.5, 0.6) is 0 Å². The number of rotatable bonds is 7. The molecule has 0 unspecified atom stereocenters. The van der Waals surface area contributed by atoms with E-state index in [9.17, 15) is 9.18 Å². The van der Waals surface area contributed by atoms with Crippen molar-refractivity contribution in [3.8, 4) is 0 Å². The van der Waals surface area contributed by atoms with Crippen molar-refractivity contribution >= 4 is 23.1 Å². The van der Waals surface area contributed by atoms with Gasteiger partial charge in [-0.05, 0) is 31.7 Å². The molecule has 0 atom stereocenters. The molecule has 1 N–H and O–H groups in total. The van der Waals surface area contributed by atoms with Gasteiger partial charge < -0.3 is 5.32 Å². The summed E-state index contributed by atoms with van der Waals surface area (Å²) >= 11 is 5.83. The fourth-order valence-electron chi connectivity index (χ4n) is 1.78. The lowest BCUT2D eigenvalue weighted by Crippen LogP contribution is -2.10. The van der Waals surface area contributed by atoms with Crippen LogP contribution in [0, 0.1) is 5.92 Å². The zero-order valence-electron chi connectivity index (χ0n) is 10.1. The van der Waals surface area contributed by atoms with Crippen LogP contribution in [0.4, 0.5) is 10.1 Å². The van der Waals surface area contributed by atoms with Crippen LogP contribution in [-0.4, -0.2) is 24.0 Å². The first-order valence-electron chi connectivity index (χ1n) is 6.22. The number of nitrogens with one attached hydrogen (secondary N) is 1. The van der Waals surface area contributed by atoms with Crippen molar-refractivity contribution < 1.29 is 9.18 Å². The lowest BCUT2D eigenvalue weighted by atomic mass is 10.1. The zero-order chi connectivity index (χ0) is 13.0. The highest BCUT2D eigenvalue weighted by Gasteiger charge is 2.31. The molecule has 5 heteroatoms. The summed E-state index contributed by atoms with van der Waals surface area (Å²) < 4.78 is 12.0. The highest BCUT2D eigenvalue weighted by Crippen LogP contribution is 2.34. The first-order chi connectivity index (χ1) is 8.72. The summed E-state index contributed by atoms with van der Waals surface area (Å²) in [6.45, 7) is 0.321. The lowest BCUT2D eigenvalue weighted by molar-refractivity contribution is 0.0968. The van der Waals surface area contributed by atoms with Gasteiger partial charge in [0.15, 0.2) is 5.78 Å². The van der Waals surface area contributed by atoms with Gasteiger partial charge in [0.25, 0.3) is 0 Å². The number of pyridine rings is 1. The van der Waals surface area contributed by atoms with E-state index in [1.165, 1.54) is 6.20 Å². The van der Waals surface area contributed by atoms with Crippen LogP contribution in [0.1, 0.15) is 36.0 Å². The van der Waals surface area contributed by atoms with E-state index >= 15 is 0 Å². The van der Waals surface area contributed by atoms with Crippen molar-refractivity contribution in [2.75, 3.05) is 18.5 Å². The van der Waals surface area contributed by atoms with E-state index in [4.69, 9.17) is 11.6 Å². The molecule has 1 aromatic rings. The molecule has 0 saturated heterocycles. The largest absolute Gasteiger partial charge is 0.384 e. The number of aromatic nitrogens is 1. The summed E-state index contributed by atoms with van der Waals surface area (Å²) in [5.41, 5.74) is 1.31. The van der Waals surface area contributed by atoms with Crippen molar-refractivity contribution in [1.82, 2.24) is 4.98 Å². The second-order valence-corrected chi connectivity index (χ2v) is 4.90. The smallest absolute Gasteiger partial charge is 0.169 e. The SMILES string of the molecule is O=C(c1cnc(Cl)cc1NCCCCF)C1CC1. The maximum Gasteiger partial charge on any atom is 0.169 e. The van der Waals surface area contributed by atoms with Gasteiger partial charge in [-0.3, -0.25) is 9.18 Å². The highest BCUT2D eigenvalue weighted by atomic mass is 35.5. The number of nitrogens with zero attached hydrogens (tertiary/aromatic N) is 1. The summed E-state index contributed by atoms with van der Waals surface area (Å²) in [5.74, 6) is 0.284. The van der Waals surface area contributed by atoms with E-state index in [1.807, 2.05) is 0 Å². The van der Waals surface area contributed by atoms with Gasteiger partial charge in [0.2, 0.25) is 0 Å². The summed E-state index contributed by atoms with van der Waals surface area (Å²) in [5, 5.41) is 3.50. The predicted octanol–water partition coefficient (Wildman–Crippen LogP) is 3.49. The second kappa shape index (κ2) is 6.14. The van der Waals surface area contributed by atoms with Crippen LogP contribution in [0.15, 0.2) is 12.3 Å². The summed E-state index contributed by atoms with van der Waals surface area (Å²) in [6, 6.07) is 1.66. The van der Waals surface area contributed by atoms with Gasteiger partial charge in [-0.1, -0.05) is 11.6 Å². The average molecular weight is 271 g/mol. The Bertz CT molecular complexity index is 435. The topological polar surface area (TPSA) is 42.0 Å². The average Bonchev–Trinajstić information content (AvgIpc) is 3.18. The molecule has 1 heterocycles. The van der Waals surface area contributed by atoms with E-state index < -0.39 is 0 Å². The van der Waals surface area contributed by atoms with Crippen LogP contribution in [0.25, 0.3) is 0 Å². The van der Waals surface area contributed by atoms with Gasteiger partial charge in [0.05, 0.1) is 12.2 Å². The number of Topliss-reactive ketones (excluding diaryl/α,β-unsaturated/α-hetero) is 1. The molecule has 0 spiro atoms. The molecule has 1 fully saturated rings. The first-order valence-corrected chi connectivity index (χ1v) is 6.59. The molecule has 1 aliphatic rings.